The first-order chi connectivity index (χ1) is 8.09. The third-order valence-corrected chi connectivity index (χ3v) is 2.94. The molecule has 0 saturated carbocycles. The van der Waals surface area contributed by atoms with E-state index in [2.05, 4.69) is 60.5 Å². The summed E-state index contributed by atoms with van der Waals surface area (Å²) in [5.41, 5.74) is 2.89. The summed E-state index contributed by atoms with van der Waals surface area (Å²) in [4.78, 5) is 12.1. The van der Waals surface area contributed by atoms with E-state index in [0.717, 1.165) is 0 Å². The van der Waals surface area contributed by atoms with E-state index in [1.165, 1.54) is 11.0 Å². The van der Waals surface area contributed by atoms with E-state index >= 15 is 0 Å². The normalized spacial score (nSPS) is 12.1. The summed E-state index contributed by atoms with van der Waals surface area (Å²) < 4.78 is 0. The molecular formula is C15H24B2O. The number of hydrogen-bond donors (Lipinski definition) is 0. The van der Waals surface area contributed by atoms with Crippen LogP contribution in [0.3, 0.4) is 0 Å². The van der Waals surface area contributed by atoms with Crippen molar-refractivity contribution in [3.63, 3.8) is 0 Å². The van der Waals surface area contributed by atoms with Gasteiger partial charge >= 0.3 is 112 Å². The molecule has 0 aliphatic carbocycles. The fourth-order valence-corrected chi connectivity index (χ4v) is 2.27. The van der Waals surface area contributed by atoms with Crippen LogP contribution in [0.25, 0.3) is 0 Å². The molecule has 0 aliphatic rings. The van der Waals surface area contributed by atoms with Crippen molar-refractivity contribution in [2.75, 3.05) is 0 Å². The molecule has 1 aromatic rings. The predicted molar refractivity (Wildman–Crippen MR) is 82.1 cm³/mol. The first-order valence-corrected chi connectivity index (χ1v) is 6.70. The van der Waals surface area contributed by atoms with E-state index in [1.807, 2.05) is 6.07 Å². The van der Waals surface area contributed by atoms with Crippen LogP contribution in [-0.4, -0.2) is 19.9 Å². The molecule has 0 aromatic carbocycles. The first kappa shape index (κ1) is 15.2. The van der Waals surface area contributed by atoms with Crippen molar-refractivity contribution in [3.05, 3.63) is 29.1 Å². The van der Waals surface area contributed by atoms with Crippen LogP contribution in [0.1, 0.15) is 52.6 Å². The van der Waals surface area contributed by atoms with Gasteiger partial charge in [0.05, 0.1) is 0 Å². The molecule has 1 aromatic heterocycles. The van der Waals surface area contributed by atoms with E-state index in [0.29, 0.717) is 19.4 Å². The molecule has 1 heterocycles. The van der Waals surface area contributed by atoms with Gasteiger partial charge in [0, 0.05) is 0 Å². The molecule has 0 amide bonds. The number of rotatable bonds is 3. The van der Waals surface area contributed by atoms with Crippen molar-refractivity contribution >= 4 is 19.9 Å². The molecule has 0 radical (unpaired) electrons. The van der Waals surface area contributed by atoms with Crippen molar-refractivity contribution in [1.82, 2.24) is 0 Å². The summed E-state index contributed by atoms with van der Waals surface area (Å²) in [6.07, 6.45) is 0.560. The van der Waals surface area contributed by atoms with E-state index in [-0.39, 0.29) is 10.7 Å². The van der Waals surface area contributed by atoms with Gasteiger partial charge in [0.1, 0.15) is 0 Å². The number of carbonyl (C=O) groups excluding carboxylic acids is 1. The molecule has 0 bridgehead atoms. The second-order valence-corrected chi connectivity index (χ2v) is 7.36. The Morgan fingerprint density at radius 3 is 2.33 bits per heavy atom. The minimum atomic E-state index is 0.0771. The van der Waals surface area contributed by atoms with E-state index in [1.54, 1.807) is 0 Å². The summed E-state index contributed by atoms with van der Waals surface area (Å²) in [6.45, 7) is 15.1. The average molecular weight is 242 g/mol. The minimum absolute atomic E-state index is 0.0771. The Labute approximate surface area is 113 Å². The molecule has 0 aliphatic heterocycles. The van der Waals surface area contributed by atoms with Crippen LogP contribution in [0.2, 0.25) is 5.31 Å². The molecular weight excluding hydrogens is 218 g/mol. The maximum absolute atomic E-state index is 12.1. The molecule has 3 heteroatoms. The predicted octanol–water partition coefficient (Wildman–Crippen LogP) is 3.05. The third-order valence-electron chi connectivity index (χ3n) is 2.94. The van der Waals surface area contributed by atoms with Gasteiger partial charge in [-0.3, -0.25) is 0 Å². The summed E-state index contributed by atoms with van der Waals surface area (Å²) in [5, 5.41) is 0.0771. The van der Waals surface area contributed by atoms with Crippen LogP contribution >= 0.6 is 0 Å². The van der Waals surface area contributed by atoms with Gasteiger partial charge in [0.2, 0.25) is 0 Å². The Morgan fingerprint density at radius 1 is 1.22 bits per heavy atom. The van der Waals surface area contributed by atoms with Gasteiger partial charge in [-0.1, -0.05) is 0 Å². The summed E-state index contributed by atoms with van der Waals surface area (Å²) >= 11 is 0. The van der Waals surface area contributed by atoms with Crippen LogP contribution in [0, 0.1) is 0 Å². The van der Waals surface area contributed by atoms with E-state index in [4.69, 9.17) is 0 Å². The van der Waals surface area contributed by atoms with Gasteiger partial charge in [-0.25, -0.2) is 0 Å². The van der Waals surface area contributed by atoms with Crippen molar-refractivity contribution in [1.29, 1.82) is 0 Å². The summed E-state index contributed by atoms with van der Waals surface area (Å²) in [6, 6.07) is 4.11. The Balaban J connectivity index is 2.89. The van der Waals surface area contributed by atoms with Gasteiger partial charge in [0.15, 0.2) is 0 Å². The summed E-state index contributed by atoms with van der Waals surface area (Å²) in [5.74, 6) is 2.05. The van der Waals surface area contributed by atoms with Crippen LogP contribution in [0.15, 0.2) is 18.1 Å². The fraction of sp³-hybridized carbons (Fsp3) is 0.600. The zero-order chi connectivity index (χ0) is 14.0. The molecule has 0 N–H and O–H groups in total. The van der Waals surface area contributed by atoms with Crippen LogP contribution in [0.5, 0.6) is 0 Å². The average Bonchev–Trinajstić information content (AvgIpc) is 2.13. The van der Waals surface area contributed by atoms with Gasteiger partial charge in [-0.2, -0.15) is 0 Å². The quantitative estimate of drug-likeness (QED) is 0.744. The van der Waals surface area contributed by atoms with Crippen LogP contribution in [0.4, 0.5) is 0 Å². The van der Waals surface area contributed by atoms with Gasteiger partial charge < -0.3 is 0 Å². The Morgan fingerprint density at radius 2 is 1.83 bits per heavy atom. The zero-order valence-corrected chi connectivity index (χ0v) is 12.6. The van der Waals surface area contributed by atoms with Gasteiger partial charge in [-0.15, -0.1) is 0 Å². The molecule has 0 atom stereocenters. The van der Waals surface area contributed by atoms with Crippen molar-refractivity contribution < 1.29 is 4.79 Å². The van der Waals surface area contributed by atoms with Crippen molar-refractivity contribution in [3.8, 4) is 0 Å². The Hall–Kier alpha value is -0.850. The zero-order valence-electron chi connectivity index (χ0n) is 12.6. The molecule has 18 heavy (non-hydrogen) atoms. The van der Waals surface area contributed by atoms with Crippen molar-refractivity contribution in [2.45, 2.75) is 58.7 Å². The molecule has 1 rings (SSSR count). The van der Waals surface area contributed by atoms with E-state index < -0.39 is 0 Å². The molecule has 0 fully saturated rings. The first-order valence-electron chi connectivity index (χ1n) is 6.70. The fourth-order valence-electron chi connectivity index (χ4n) is 2.27. The maximum atomic E-state index is 12.1. The second-order valence-electron chi connectivity index (χ2n) is 7.36. The monoisotopic (exact) mass is 242 g/mol. The van der Waals surface area contributed by atoms with Crippen molar-refractivity contribution in [2.24, 2.45) is 0 Å². The van der Waals surface area contributed by atoms with Gasteiger partial charge in [-0.05, 0) is 0 Å². The van der Waals surface area contributed by atoms with Gasteiger partial charge in [0.25, 0.3) is 0 Å². The third kappa shape index (κ3) is 4.80. The second kappa shape index (κ2) is 5.42. The topological polar surface area (TPSA) is 17.1 Å². The van der Waals surface area contributed by atoms with E-state index in [9.17, 15) is 4.79 Å². The Bertz CT molecular complexity index is 425. The molecule has 0 saturated heterocycles. The number of carbonyl (C=O) groups is 1. The van der Waals surface area contributed by atoms with Crippen LogP contribution in [-0.2, 0) is 16.6 Å². The van der Waals surface area contributed by atoms with Crippen LogP contribution < -0.4 is 0 Å². The SMILES string of the molecule is CC(C)(C)BC(=O)Cc1cccbc1C(C)(C)C. The molecule has 0 spiro atoms. The standard InChI is InChI=1S/C15H24B2O/c1-14(2,3)13-11(8-7-9-16-13)10-12(18)17-15(4,5)6/h7-9,17H,10H2,1-6H3. The Kier molecular flexibility index (Phi) is 4.58. The molecule has 96 valence electrons. The number of hydrogen-bond acceptors (Lipinski definition) is 1. The molecule has 0 unspecified atom stereocenters. The summed E-state index contributed by atoms with van der Waals surface area (Å²) in [7, 11) is 0.644. The molecule has 1 nitrogen and oxygen atoms in total.